The van der Waals surface area contributed by atoms with Crippen LogP contribution in [0.2, 0.25) is 0 Å². The number of aliphatic carboxylic acids is 1. The molecule has 4 N–H and O–H groups in total. The molecule has 0 spiro atoms. The van der Waals surface area contributed by atoms with Crippen molar-refractivity contribution < 1.29 is 29.4 Å². The number of nitrogens with one attached hydrogen (secondary N) is 2. The van der Waals surface area contributed by atoms with Crippen molar-refractivity contribution in [2.45, 2.75) is 65.3 Å². The Balaban J connectivity index is 1.41. The summed E-state index contributed by atoms with van der Waals surface area (Å²) in [6.07, 6.45) is -0.534. The quantitative estimate of drug-likeness (QED) is 0.398. The molecule has 1 aliphatic carbocycles. The Labute approximate surface area is 225 Å². The third kappa shape index (κ3) is 6.05. The minimum Gasteiger partial charge on any atom is -0.481 e. The molecule has 3 unspecified atom stereocenters. The van der Waals surface area contributed by atoms with E-state index in [4.69, 9.17) is 5.11 Å². The molecule has 1 aromatic carbocycles. The zero-order valence-corrected chi connectivity index (χ0v) is 22.7. The summed E-state index contributed by atoms with van der Waals surface area (Å²) >= 11 is 1.57. The van der Waals surface area contributed by atoms with E-state index in [0.717, 1.165) is 21.7 Å². The fourth-order valence-corrected chi connectivity index (χ4v) is 5.60. The van der Waals surface area contributed by atoms with Gasteiger partial charge in [-0.3, -0.25) is 19.2 Å². The Morgan fingerprint density at radius 2 is 1.79 bits per heavy atom. The third-order valence-electron chi connectivity index (χ3n) is 7.14. The molecule has 1 saturated heterocycles. The van der Waals surface area contributed by atoms with Crippen LogP contribution < -0.4 is 10.6 Å². The van der Waals surface area contributed by atoms with E-state index in [1.54, 1.807) is 37.6 Å². The molecular weight excluding hydrogens is 508 g/mol. The van der Waals surface area contributed by atoms with Crippen molar-refractivity contribution in [2.24, 2.45) is 17.3 Å². The lowest BCUT2D eigenvalue weighted by atomic mass is 9.85. The van der Waals surface area contributed by atoms with Gasteiger partial charge in [0.15, 0.2) is 0 Å². The van der Waals surface area contributed by atoms with Gasteiger partial charge in [0.1, 0.15) is 12.1 Å². The highest BCUT2D eigenvalue weighted by atomic mass is 32.1. The fourth-order valence-electron chi connectivity index (χ4n) is 4.79. The number of likely N-dealkylation sites (tertiary alicyclic amines) is 1. The largest absolute Gasteiger partial charge is 0.481 e. The highest BCUT2D eigenvalue weighted by molar-refractivity contribution is 7.13. The Morgan fingerprint density at radius 1 is 1.11 bits per heavy atom. The molecule has 38 heavy (non-hydrogen) atoms. The first kappa shape index (κ1) is 27.7. The van der Waals surface area contributed by atoms with Crippen LogP contribution in [0.3, 0.4) is 0 Å². The van der Waals surface area contributed by atoms with Gasteiger partial charge in [-0.25, -0.2) is 4.98 Å². The van der Waals surface area contributed by atoms with Crippen molar-refractivity contribution in [1.82, 2.24) is 20.5 Å². The summed E-state index contributed by atoms with van der Waals surface area (Å²) in [6.45, 7) is 7.55. The number of carboxylic acids is 1. The number of rotatable bonds is 8. The molecule has 5 atom stereocenters. The number of hydrogen-bond donors (Lipinski definition) is 4. The first-order valence-electron chi connectivity index (χ1n) is 12.7. The number of amides is 3. The van der Waals surface area contributed by atoms with Gasteiger partial charge in [0, 0.05) is 19.5 Å². The average Bonchev–Trinajstić information content (AvgIpc) is 3.42. The second-order valence-corrected chi connectivity index (χ2v) is 12.0. The van der Waals surface area contributed by atoms with Crippen LogP contribution in [0.15, 0.2) is 29.8 Å². The van der Waals surface area contributed by atoms with E-state index in [1.165, 1.54) is 4.90 Å². The monoisotopic (exact) mass is 542 g/mol. The molecule has 2 heterocycles. The number of carbonyl (C=O) groups excluding carboxylic acids is 3. The number of aromatic nitrogens is 1. The lowest BCUT2D eigenvalue weighted by molar-refractivity contribution is -0.144. The molecule has 11 heteroatoms. The van der Waals surface area contributed by atoms with E-state index in [2.05, 4.69) is 15.6 Å². The topological polar surface area (TPSA) is 149 Å². The molecule has 1 aliphatic heterocycles. The molecule has 2 aromatic rings. The van der Waals surface area contributed by atoms with Crippen LogP contribution in [0, 0.1) is 24.2 Å². The SMILES string of the molecule is Cc1ncsc1-c1ccc(CNC(=O)[C@@H]2C[C@@H](O)CN2C(=O)C(NC(=O)C2CC2C(=O)O)C(C)(C)C)cc1. The maximum atomic E-state index is 13.6. The lowest BCUT2D eigenvalue weighted by Gasteiger charge is -2.35. The van der Waals surface area contributed by atoms with Crippen molar-refractivity contribution in [3.63, 3.8) is 0 Å². The van der Waals surface area contributed by atoms with Gasteiger partial charge in [0.25, 0.3) is 0 Å². The minimum absolute atomic E-state index is 0.0244. The number of thiazole rings is 1. The average molecular weight is 543 g/mol. The molecular formula is C27H34N4O6S. The Kier molecular flexibility index (Phi) is 7.89. The van der Waals surface area contributed by atoms with Gasteiger partial charge in [-0.05, 0) is 29.9 Å². The van der Waals surface area contributed by atoms with Gasteiger partial charge >= 0.3 is 5.97 Å². The van der Waals surface area contributed by atoms with E-state index < -0.39 is 53.2 Å². The number of nitrogens with zero attached hydrogens (tertiary/aromatic N) is 2. The summed E-state index contributed by atoms with van der Waals surface area (Å²) in [5.41, 5.74) is 4.00. The second kappa shape index (κ2) is 10.8. The lowest BCUT2D eigenvalue weighted by Crippen LogP contribution is -2.58. The zero-order chi connectivity index (χ0) is 27.8. The Hall–Kier alpha value is -3.31. The number of aliphatic hydroxyl groups excluding tert-OH is 1. The zero-order valence-electron chi connectivity index (χ0n) is 21.9. The van der Waals surface area contributed by atoms with Crippen LogP contribution in [0.1, 0.15) is 44.9 Å². The number of aliphatic hydroxyl groups is 1. The first-order chi connectivity index (χ1) is 17.9. The van der Waals surface area contributed by atoms with Gasteiger partial charge in [-0.2, -0.15) is 0 Å². The van der Waals surface area contributed by atoms with Crippen molar-refractivity contribution in [3.8, 4) is 10.4 Å². The van der Waals surface area contributed by atoms with Crippen molar-refractivity contribution in [2.75, 3.05) is 6.54 Å². The van der Waals surface area contributed by atoms with Gasteiger partial charge < -0.3 is 25.7 Å². The highest BCUT2D eigenvalue weighted by Gasteiger charge is 2.51. The van der Waals surface area contributed by atoms with Crippen LogP contribution in [-0.4, -0.2) is 68.5 Å². The number of carbonyl (C=O) groups is 4. The molecule has 2 aliphatic rings. The maximum absolute atomic E-state index is 13.6. The highest BCUT2D eigenvalue weighted by Crippen LogP contribution is 2.39. The smallest absolute Gasteiger partial charge is 0.307 e. The van der Waals surface area contributed by atoms with Crippen molar-refractivity contribution in [3.05, 3.63) is 41.0 Å². The summed E-state index contributed by atoms with van der Waals surface area (Å²) in [4.78, 5) is 57.3. The van der Waals surface area contributed by atoms with E-state index in [0.29, 0.717) is 0 Å². The number of β-amino-alcohol motifs (C(OH)–C–C–N with tert-alkyl or cyclic N) is 1. The van der Waals surface area contributed by atoms with Crippen LogP contribution in [0.5, 0.6) is 0 Å². The fraction of sp³-hybridized carbons (Fsp3) is 0.519. The normalized spacial score (nSPS) is 23.6. The Morgan fingerprint density at radius 3 is 2.34 bits per heavy atom. The van der Waals surface area contributed by atoms with E-state index in [9.17, 15) is 24.3 Å². The van der Waals surface area contributed by atoms with E-state index in [1.807, 2.05) is 31.2 Å². The van der Waals surface area contributed by atoms with Gasteiger partial charge in [0.2, 0.25) is 17.7 Å². The summed E-state index contributed by atoms with van der Waals surface area (Å²) in [5.74, 6) is -3.78. The number of hydrogen-bond acceptors (Lipinski definition) is 7. The summed E-state index contributed by atoms with van der Waals surface area (Å²) in [5, 5.41) is 25.1. The van der Waals surface area contributed by atoms with Crippen molar-refractivity contribution in [1.29, 1.82) is 0 Å². The van der Waals surface area contributed by atoms with Crippen LogP contribution >= 0.6 is 11.3 Å². The standard InChI is InChI=1S/C27H34N4O6S/c1-14-21(38-13-29-14)16-7-5-15(6-8-16)11-28-24(34)20-9-17(32)12-31(20)25(35)22(27(2,3)4)30-23(33)18-10-19(18)26(36)37/h5-8,13,17-20,22,32H,9-12H2,1-4H3,(H,28,34)(H,30,33)(H,36,37)/t17-,18?,19?,20+,22?/m1/s1. The number of benzene rings is 1. The van der Waals surface area contributed by atoms with Gasteiger partial charge in [-0.15, -0.1) is 11.3 Å². The summed E-state index contributed by atoms with van der Waals surface area (Å²) < 4.78 is 0. The molecule has 4 rings (SSSR count). The predicted octanol–water partition coefficient (Wildman–Crippen LogP) is 1.95. The molecule has 3 amide bonds. The molecule has 0 radical (unpaired) electrons. The molecule has 1 aromatic heterocycles. The molecule has 10 nitrogen and oxygen atoms in total. The Bertz CT molecular complexity index is 1220. The first-order valence-corrected chi connectivity index (χ1v) is 13.5. The number of carboxylic acid groups (broad SMARTS) is 1. The minimum atomic E-state index is -1.03. The van der Waals surface area contributed by atoms with E-state index in [-0.39, 0.29) is 31.8 Å². The predicted molar refractivity (Wildman–Crippen MR) is 141 cm³/mol. The van der Waals surface area contributed by atoms with Gasteiger partial charge in [0.05, 0.1) is 34.0 Å². The molecule has 2 fully saturated rings. The van der Waals surface area contributed by atoms with Crippen molar-refractivity contribution >= 4 is 35.0 Å². The van der Waals surface area contributed by atoms with Crippen LogP contribution in [-0.2, 0) is 25.7 Å². The van der Waals surface area contributed by atoms with Gasteiger partial charge in [-0.1, -0.05) is 45.0 Å². The third-order valence-corrected chi connectivity index (χ3v) is 8.11. The maximum Gasteiger partial charge on any atom is 0.307 e. The van der Waals surface area contributed by atoms with Crippen LogP contribution in [0.4, 0.5) is 0 Å². The summed E-state index contributed by atoms with van der Waals surface area (Å²) in [7, 11) is 0. The molecule has 204 valence electrons. The summed E-state index contributed by atoms with van der Waals surface area (Å²) in [6, 6.07) is 5.94. The van der Waals surface area contributed by atoms with Crippen LogP contribution in [0.25, 0.3) is 10.4 Å². The van der Waals surface area contributed by atoms with E-state index >= 15 is 0 Å². The number of aryl methyl sites for hydroxylation is 1. The molecule has 1 saturated carbocycles. The second-order valence-electron chi connectivity index (χ2n) is 11.2. The molecule has 0 bridgehead atoms.